The first-order valence-corrected chi connectivity index (χ1v) is 8.10. The van der Waals surface area contributed by atoms with Crippen molar-refractivity contribution in [2.75, 3.05) is 26.2 Å². The number of piperidine rings is 1. The van der Waals surface area contributed by atoms with Crippen molar-refractivity contribution in [1.29, 1.82) is 0 Å². The lowest BCUT2D eigenvalue weighted by molar-refractivity contribution is 0.337. The first-order chi connectivity index (χ1) is 8.18. The van der Waals surface area contributed by atoms with Crippen LogP contribution in [-0.2, 0) is 10.2 Å². The van der Waals surface area contributed by atoms with Gasteiger partial charge in [-0.05, 0) is 32.2 Å². The molecule has 2 aliphatic rings. The second-order valence-corrected chi connectivity index (χ2v) is 6.68. The Balaban J connectivity index is 1.90. The molecule has 5 nitrogen and oxygen atoms in total. The Morgan fingerprint density at radius 1 is 1.06 bits per heavy atom. The highest BCUT2D eigenvalue weighted by atomic mass is 32.2. The molecule has 0 aliphatic carbocycles. The van der Waals surface area contributed by atoms with E-state index in [4.69, 9.17) is 0 Å². The van der Waals surface area contributed by atoms with Gasteiger partial charge in [0.1, 0.15) is 0 Å². The van der Waals surface area contributed by atoms with E-state index < -0.39 is 10.2 Å². The van der Waals surface area contributed by atoms with Crippen LogP contribution in [-0.4, -0.2) is 44.9 Å². The van der Waals surface area contributed by atoms with Gasteiger partial charge in [-0.1, -0.05) is 12.8 Å². The van der Waals surface area contributed by atoms with Crippen molar-refractivity contribution < 1.29 is 8.42 Å². The largest absolute Gasteiger partial charge is 0.315 e. The molecule has 0 amide bonds. The topological polar surface area (TPSA) is 61.4 Å². The van der Waals surface area contributed by atoms with Crippen LogP contribution < -0.4 is 10.0 Å². The van der Waals surface area contributed by atoms with Crippen LogP contribution in [0.5, 0.6) is 0 Å². The first kappa shape index (κ1) is 13.3. The Morgan fingerprint density at radius 2 is 1.82 bits per heavy atom. The number of hydrogen-bond donors (Lipinski definition) is 2. The number of hydrogen-bond acceptors (Lipinski definition) is 3. The number of rotatable bonds is 3. The van der Waals surface area contributed by atoms with E-state index in [9.17, 15) is 8.42 Å². The summed E-state index contributed by atoms with van der Waals surface area (Å²) in [4.78, 5) is 0. The van der Waals surface area contributed by atoms with E-state index in [2.05, 4.69) is 10.0 Å². The smallest absolute Gasteiger partial charge is 0.279 e. The Labute approximate surface area is 104 Å². The average Bonchev–Trinajstić information content (AvgIpc) is 2.58. The molecular formula is C11H23N3O2S. The highest BCUT2D eigenvalue weighted by molar-refractivity contribution is 7.87. The third-order valence-corrected chi connectivity index (χ3v) is 5.19. The lowest BCUT2D eigenvalue weighted by Crippen LogP contribution is -2.49. The molecule has 6 heteroatoms. The normalized spacial score (nSPS) is 28.8. The fourth-order valence-electron chi connectivity index (χ4n) is 2.51. The van der Waals surface area contributed by atoms with E-state index in [0.29, 0.717) is 13.1 Å². The molecule has 2 N–H and O–H groups in total. The van der Waals surface area contributed by atoms with E-state index in [0.717, 1.165) is 51.6 Å². The van der Waals surface area contributed by atoms with Crippen molar-refractivity contribution in [3.05, 3.63) is 0 Å². The molecule has 2 saturated heterocycles. The Kier molecular flexibility index (Phi) is 4.78. The molecule has 100 valence electrons. The second-order valence-electron chi connectivity index (χ2n) is 4.98. The molecule has 0 bridgehead atoms. The second kappa shape index (κ2) is 6.13. The van der Waals surface area contributed by atoms with Gasteiger partial charge < -0.3 is 5.32 Å². The molecule has 0 spiro atoms. The highest BCUT2D eigenvalue weighted by Gasteiger charge is 2.26. The van der Waals surface area contributed by atoms with E-state index in [1.807, 2.05) is 0 Å². The summed E-state index contributed by atoms with van der Waals surface area (Å²) in [7, 11) is -3.26. The van der Waals surface area contributed by atoms with Crippen molar-refractivity contribution in [2.24, 2.45) is 0 Å². The maximum absolute atomic E-state index is 12.2. The maximum Gasteiger partial charge on any atom is 0.279 e. The lowest BCUT2D eigenvalue weighted by atomic mass is 10.2. The molecule has 17 heavy (non-hydrogen) atoms. The van der Waals surface area contributed by atoms with Gasteiger partial charge in [-0.25, -0.2) is 0 Å². The van der Waals surface area contributed by atoms with Crippen LogP contribution >= 0.6 is 0 Å². The lowest BCUT2D eigenvalue weighted by Gasteiger charge is -2.28. The van der Waals surface area contributed by atoms with Crippen LogP contribution in [0, 0.1) is 0 Å². The van der Waals surface area contributed by atoms with E-state index in [1.165, 1.54) is 0 Å². The van der Waals surface area contributed by atoms with E-state index in [1.54, 1.807) is 4.31 Å². The third kappa shape index (κ3) is 3.91. The Morgan fingerprint density at radius 3 is 2.59 bits per heavy atom. The van der Waals surface area contributed by atoms with Crippen molar-refractivity contribution in [1.82, 2.24) is 14.3 Å². The molecule has 0 aromatic heterocycles. The third-order valence-electron chi connectivity index (χ3n) is 3.52. The van der Waals surface area contributed by atoms with Crippen molar-refractivity contribution >= 4 is 10.2 Å². The molecule has 1 atom stereocenters. The van der Waals surface area contributed by atoms with Crippen LogP contribution in [0.3, 0.4) is 0 Å². The van der Waals surface area contributed by atoms with Crippen LogP contribution in [0.25, 0.3) is 0 Å². The fourth-order valence-corrected chi connectivity index (χ4v) is 4.02. The van der Waals surface area contributed by atoms with Crippen LogP contribution in [0.4, 0.5) is 0 Å². The molecule has 0 aromatic rings. The van der Waals surface area contributed by atoms with Crippen LogP contribution in [0.2, 0.25) is 0 Å². The summed E-state index contributed by atoms with van der Waals surface area (Å²) in [6, 6.07) is 0.0597. The van der Waals surface area contributed by atoms with E-state index >= 15 is 0 Å². The van der Waals surface area contributed by atoms with Gasteiger partial charge in [0.25, 0.3) is 10.2 Å². The zero-order chi connectivity index (χ0) is 12.1. The predicted octanol–water partition coefficient (Wildman–Crippen LogP) is 0.449. The monoisotopic (exact) mass is 261 g/mol. The van der Waals surface area contributed by atoms with Crippen molar-refractivity contribution in [2.45, 2.75) is 44.6 Å². The number of nitrogens with zero attached hydrogens (tertiary/aromatic N) is 1. The molecular weight excluding hydrogens is 238 g/mol. The van der Waals surface area contributed by atoms with Crippen molar-refractivity contribution in [3.63, 3.8) is 0 Å². The van der Waals surface area contributed by atoms with Crippen molar-refractivity contribution in [3.8, 4) is 0 Å². The first-order valence-electron chi connectivity index (χ1n) is 6.66. The summed E-state index contributed by atoms with van der Waals surface area (Å²) in [5, 5.41) is 3.28. The highest BCUT2D eigenvalue weighted by Crippen LogP contribution is 2.13. The van der Waals surface area contributed by atoms with Gasteiger partial charge in [0.2, 0.25) is 0 Å². The van der Waals surface area contributed by atoms with Gasteiger partial charge in [0.05, 0.1) is 0 Å². The van der Waals surface area contributed by atoms with Gasteiger partial charge in [-0.3, -0.25) is 0 Å². The van der Waals surface area contributed by atoms with Crippen LogP contribution in [0.15, 0.2) is 0 Å². The molecule has 0 radical (unpaired) electrons. The SMILES string of the molecule is O=S(=O)(NC1CCCCNC1)N1CCCCC1. The predicted molar refractivity (Wildman–Crippen MR) is 68.0 cm³/mol. The van der Waals surface area contributed by atoms with Gasteiger partial charge in [-0.15, -0.1) is 0 Å². The van der Waals surface area contributed by atoms with E-state index in [-0.39, 0.29) is 6.04 Å². The minimum Gasteiger partial charge on any atom is -0.315 e. The van der Waals surface area contributed by atoms with Gasteiger partial charge in [-0.2, -0.15) is 17.4 Å². The molecule has 2 fully saturated rings. The van der Waals surface area contributed by atoms with Gasteiger partial charge >= 0.3 is 0 Å². The quantitative estimate of drug-likeness (QED) is 0.775. The standard InChI is InChI=1S/C11H23N3O2S/c15-17(16,14-8-4-1-5-9-14)13-11-6-2-3-7-12-10-11/h11-13H,1-10H2. The van der Waals surface area contributed by atoms with Gasteiger partial charge in [0, 0.05) is 25.7 Å². The zero-order valence-corrected chi connectivity index (χ0v) is 11.1. The molecule has 2 rings (SSSR count). The Hall–Kier alpha value is -0.170. The molecule has 1 unspecified atom stereocenters. The summed E-state index contributed by atoms with van der Waals surface area (Å²) < 4.78 is 28.7. The molecule has 0 saturated carbocycles. The average molecular weight is 261 g/mol. The van der Waals surface area contributed by atoms with Gasteiger partial charge in [0.15, 0.2) is 0 Å². The summed E-state index contributed by atoms with van der Waals surface area (Å²) in [6.45, 7) is 3.11. The Bertz CT molecular complexity index is 318. The maximum atomic E-state index is 12.2. The minimum absolute atomic E-state index is 0.0597. The zero-order valence-electron chi connectivity index (χ0n) is 10.3. The summed E-state index contributed by atoms with van der Waals surface area (Å²) in [5.41, 5.74) is 0. The summed E-state index contributed by atoms with van der Waals surface area (Å²) in [5.74, 6) is 0. The summed E-state index contributed by atoms with van der Waals surface area (Å²) in [6.07, 6.45) is 6.31. The minimum atomic E-state index is -3.26. The molecule has 2 aliphatic heterocycles. The fraction of sp³-hybridized carbons (Fsp3) is 1.00. The molecule has 0 aromatic carbocycles. The number of nitrogens with one attached hydrogen (secondary N) is 2. The molecule has 2 heterocycles. The van der Waals surface area contributed by atoms with Crippen LogP contribution in [0.1, 0.15) is 38.5 Å². The summed E-state index contributed by atoms with van der Waals surface area (Å²) >= 11 is 0.